The van der Waals surface area contributed by atoms with Crippen LogP contribution in [-0.4, -0.2) is 34.8 Å². The zero-order valence-electron chi connectivity index (χ0n) is 15.0. The highest BCUT2D eigenvalue weighted by molar-refractivity contribution is 7.80. The molecule has 0 atom stereocenters. The number of anilines is 1. The average Bonchev–Trinajstić information content (AvgIpc) is 2.60. The van der Waals surface area contributed by atoms with Gasteiger partial charge in [-0.05, 0) is 62.7 Å². The van der Waals surface area contributed by atoms with Crippen molar-refractivity contribution in [2.45, 2.75) is 32.1 Å². The van der Waals surface area contributed by atoms with E-state index in [9.17, 15) is 0 Å². The van der Waals surface area contributed by atoms with Crippen LogP contribution in [-0.2, 0) is 10.2 Å². The topological polar surface area (TPSA) is 59.1 Å². The summed E-state index contributed by atoms with van der Waals surface area (Å²) in [6.45, 7) is 6.08. The van der Waals surface area contributed by atoms with Crippen molar-refractivity contribution in [2.24, 2.45) is 0 Å². The van der Waals surface area contributed by atoms with Gasteiger partial charge in [0.15, 0.2) is 5.11 Å². The zero-order chi connectivity index (χ0) is 18.6. The third-order valence-electron chi connectivity index (χ3n) is 4.70. The molecule has 0 aliphatic carbocycles. The Kier molecular flexibility index (Phi) is 6.06. The first-order valence-corrected chi connectivity index (χ1v) is 9.46. The Morgan fingerprint density at radius 2 is 1.77 bits per heavy atom. The number of hydrogen-bond donors (Lipinski definition) is 2. The van der Waals surface area contributed by atoms with Gasteiger partial charge in [-0.25, -0.2) is 9.97 Å². The largest absolute Gasteiger partial charge is 0.381 e. The van der Waals surface area contributed by atoms with E-state index in [0.717, 1.165) is 42.5 Å². The molecule has 7 heteroatoms. The first-order chi connectivity index (χ1) is 12.5. The maximum Gasteiger partial charge on any atom is 0.229 e. The number of thiocarbonyl (C=S) groups is 1. The van der Waals surface area contributed by atoms with Crippen LogP contribution < -0.4 is 10.6 Å². The van der Waals surface area contributed by atoms with Crippen LogP contribution >= 0.6 is 23.8 Å². The minimum atomic E-state index is -0.0298. The van der Waals surface area contributed by atoms with Crippen molar-refractivity contribution in [1.82, 2.24) is 15.3 Å². The summed E-state index contributed by atoms with van der Waals surface area (Å²) in [5, 5.41) is 7.70. The fourth-order valence-corrected chi connectivity index (χ4v) is 3.60. The number of nitrogens with one attached hydrogen (secondary N) is 2. The monoisotopic (exact) mass is 390 g/mol. The molecular formula is C19H23ClN4OS. The third-order valence-corrected chi connectivity index (χ3v) is 5.20. The van der Waals surface area contributed by atoms with Crippen LogP contribution in [0.1, 0.15) is 29.8 Å². The number of halogens is 1. The molecule has 1 fully saturated rings. The zero-order valence-corrected chi connectivity index (χ0v) is 16.6. The Bertz CT molecular complexity index is 755. The molecular weight excluding hydrogens is 368 g/mol. The summed E-state index contributed by atoms with van der Waals surface area (Å²) in [5.41, 5.74) is 3.04. The molecule has 0 spiro atoms. The summed E-state index contributed by atoms with van der Waals surface area (Å²) in [6, 6.07) is 10.00. The number of aromatic nitrogens is 2. The molecule has 1 saturated heterocycles. The smallest absolute Gasteiger partial charge is 0.229 e. The van der Waals surface area contributed by atoms with Gasteiger partial charge in [-0.1, -0.05) is 23.7 Å². The van der Waals surface area contributed by atoms with E-state index in [1.165, 1.54) is 5.56 Å². The number of ether oxygens (including phenoxy) is 1. The summed E-state index contributed by atoms with van der Waals surface area (Å²) in [4.78, 5) is 8.74. The molecule has 0 bridgehead atoms. The van der Waals surface area contributed by atoms with Crippen molar-refractivity contribution in [3.63, 3.8) is 0 Å². The highest BCUT2D eigenvalue weighted by atomic mass is 35.5. The fraction of sp³-hybridized carbons (Fsp3) is 0.421. The molecule has 2 N–H and O–H groups in total. The van der Waals surface area contributed by atoms with Gasteiger partial charge in [0.05, 0.1) is 0 Å². The lowest BCUT2D eigenvalue weighted by Crippen LogP contribution is -2.45. The second-order valence-corrected chi connectivity index (χ2v) is 7.53. The third kappa shape index (κ3) is 4.69. The van der Waals surface area contributed by atoms with E-state index >= 15 is 0 Å². The van der Waals surface area contributed by atoms with Crippen LogP contribution in [0.15, 0.2) is 30.3 Å². The van der Waals surface area contributed by atoms with Crippen LogP contribution in [0, 0.1) is 13.8 Å². The predicted octanol–water partition coefficient (Wildman–Crippen LogP) is 3.78. The fourth-order valence-electron chi connectivity index (χ4n) is 3.31. The van der Waals surface area contributed by atoms with Crippen LogP contribution in [0.3, 0.4) is 0 Å². The van der Waals surface area contributed by atoms with E-state index in [1.807, 2.05) is 32.0 Å². The molecule has 2 heterocycles. The van der Waals surface area contributed by atoms with Gasteiger partial charge in [-0.15, -0.1) is 0 Å². The van der Waals surface area contributed by atoms with Gasteiger partial charge in [0.25, 0.3) is 0 Å². The maximum atomic E-state index is 6.05. The Balaban J connectivity index is 1.69. The quantitative estimate of drug-likeness (QED) is 0.775. The number of nitrogens with zero attached hydrogens (tertiary/aromatic N) is 2. The van der Waals surface area contributed by atoms with Gasteiger partial charge in [0.1, 0.15) is 0 Å². The lowest BCUT2D eigenvalue weighted by Gasteiger charge is -2.38. The van der Waals surface area contributed by atoms with E-state index < -0.39 is 0 Å². The average molecular weight is 391 g/mol. The van der Waals surface area contributed by atoms with Crippen LogP contribution in [0.2, 0.25) is 5.02 Å². The predicted molar refractivity (Wildman–Crippen MR) is 109 cm³/mol. The van der Waals surface area contributed by atoms with Crippen molar-refractivity contribution in [2.75, 3.05) is 25.1 Å². The molecule has 138 valence electrons. The van der Waals surface area contributed by atoms with Gasteiger partial charge >= 0.3 is 0 Å². The van der Waals surface area contributed by atoms with Gasteiger partial charge < -0.3 is 15.4 Å². The Hall–Kier alpha value is -1.76. The first-order valence-electron chi connectivity index (χ1n) is 8.68. The summed E-state index contributed by atoms with van der Waals surface area (Å²) in [6.07, 6.45) is 1.87. The van der Waals surface area contributed by atoms with Crippen molar-refractivity contribution in [3.8, 4) is 0 Å². The van der Waals surface area contributed by atoms with Crippen molar-refractivity contribution >= 4 is 34.9 Å². The molecule has 0 unspecified atom stereocenters. The highest BCUT2D eigenvalue weighted by Gasteiger charge is 2.34. The summed E-state index contributed by atoms with van der Waals surface area (Å²) < 4.78 is 5.58. The molecule has 26 heavy (non-hydrogen) atoms. The van der Waals surface area contributed by atoms with Crippen molar-refractivity contribution < 1.29 is 4.74 Å². The van der Waals surface area contributed by atoms with Gasteiger partial charge in [0.2, 0.25) is 5.95 Å². The number of benzene rings is 1. The maximum absolute atomic E-state index is 6.05. The molecule has 0 saturated carbocycles. The van der Waals surface area contributed by atoms with E-state index in [1.54, 1.807) is 0 Å². The number of aryl methyl sites for hydroxylation is 2. The lowest BCUT2D eigenvalue weighted by molar-refractivity contribution is 0.0515. The summed E-state index contributed by atoms with van der Waals surface area (Å²) >= 11 is 11.5. The molecule has 3 rings (SSSR count). The second kappa shape index (κ2) is 8.29. The lowest BCUT2D eigenvalue weighted by atomic mass is 9.74. The number of hydrogen-bond acceptors (Lipinski definition) is 4. The minimum absolute atomic E-state index is 0.0298. The van der Waals surface area contributed by atoms with Gasteiger partial charge in [-0.3, -0.25) is 0 Å². The van der Waals surface area contributed by atoms with E-state index in [0.29, 0.717) is 17.6 Å². The second-order valence-electron chi connectivity index (χ2n) is 6.68. The summed E-state index contributed by atoms with van der Waals surface area (Å²) in [5.74, 6) is 0.521. The molecule has 2 aromatic rings. The van der Waals surface area contributed by atoms with Crippen molar-refractivity contribution in [1.29, 1.82) is 0 Å². The molecule has 0 amide bonds. The Morgan fingerprint density at radius 1 is 1.15 bits per heavy atom. The normalized spacial score (nSPS) is 16.1. The molecule has 1 aromatic carbocycles. The number of rotatable bonds is 4. The first kappa shape index (κ1) is 19.0. The standard InChI is InChI=1S/C19H23ClN4OS/c1-13-11-14(2)23-17(22-13)24-18(26)21-12-19(7-9-25-10-8-19)15-3-5-16(20)6-4-15/h3-6,11H,7-10,12H2,1-2H3,(H2,21,22,23,24,26). The van der Waals surface area contributed by atoms with Crippen LogP contribution in [0.25, 0.3) is 0 Å². The van der Waals surface area contributed by atoms with E-state index in [4.69, 9.17) is 28.6 Å². The van der Waals surface area contributed by atoms with Crippen LogP contribution in [0.5, 0.6) is 0 Å². The van der Waals surface area contributed by atoms with Gasteiger partial charge in [-0.2, -0.15) is 0 Å². The molecule has 1 aliphatic rings. The van der Waals surface area contributed by atoms with E-state index in [2.05, 4.69) is 32.7 Å². The Morgan fingerprint density at radius 3 is 2.38 bits per heavy atom. The van der Waals surface area contributed by atoms with Crippen LogP contribution in [0.4, 0.5) is 5.95 Å². The van der Waals surface area contributed by atoms with Crippen molar-refractivity contribution in [3.05, 3.63) is 52.3 Å². The highest BCUT2D eigenvalue weighted by Crippen LogP contribution is 2.34. The molecule has 1 aliphatic heterocycles. The molecule has 1 aromatic heterocycles. The SMILES string of the molecule is Cc1cc(C)nc(NC(=S)NCC2(c3ccc(Cl)cc3)CCOCC2)n1. The summed E-state index contributed by atoms with van der Waals surface area (Å²) in [7, 11) is 0. The van der Waals surface area contributed by atoms with E-state index in [-0.39, 0.29) is 5.41 Å². The minimum Gasteiger partial charge on any atom is -0.381 e. The molecule has 5 nitrogen and oxygen atoms in total. The Labute approximate surface area is 164 Å². The molecule has 0 radical (unpaired) electrons. The van der Waals surface area contributed by atoms with Gasteiger partial charge in [0, 0.05) is 41.6 Å².